The van der Waals surface area contributed by atoms with E-state index in [1.807, 2.05) is 6.07 Å². The number of ether oxygens (including phenoxy) is 1. The lowest BCUT2D eigenvalue weighted by Gasteiger charge is -2.04. The molecule has 0 aliphatic heterocycles. The first-order valence-corrected chi connectivity index (χ1v) is 4.23. The lowest BCUT2D eigenvalue weighted by Crippen LogP contribution is -2.07. The van der Waals surface area contributed by atoms with E-state index in [4.69, 9.17) is 10.00 Å². The van der Waals surface area contributed by atoms with Gasteiger partial charge in [-0.2, -0.15) is 5.26 Å². The maximum absolute atomic E-state index is 11.3. The van der Waals surface area contributed by atoms with Gasteiger partial charge in [-0.25, -0.2) is 9.78 Å². The van der Waals surface area contributed by atoms with E-state index in [-0.39, 0.29) is 0 Å². The second-order valence-corrected chi connectivity index (χ2v) is 2.72. The first-order chi connectivity index (χ1) is 6.69. The van der Waals surface area contributed by atoms with Crippen LogP contribution in [0.15, 0.2) is 12.3 Å². The van der Waals surface area contributed by atoms with Crippen LogP contribution in [-0.2, 0) is 4.74 Å². The molecule has 0 unspecified atom stereocenters. The Morgan fingerprint density at radius 2 is 2.43 bits per heavy atom. The first kappa shape index (κ1) is 10.2. The van der Waals surface area contributed by atoms with Gasteiger partial charge in [-0.3, -0.25) is 0 Å². The predicted octanol–water partition coefficient (Wildman–Crippen LogP) is 1.44. The molecule has 0 amide bonds. The summed E-state index contributed by atoms with van der Waals surface area (Å²) in [6.07, 6.45) is 1.37. The Morgan fingerprint density at radius 3 is 2.93 bits per heavy atom. The molecular weight excluding hydrogens is 180 g/mol. The fourth-order valence-electron chi connectivity index (χ4n) is 1.04. The highest BCUT2D eigenvalue weighted by Crippen LogP contribution is 2.09. The third kappa shape index (κ3) is 2.07. The molecule has 0 radical (unpaired) electrons. The van der Waals surface area contributed by atoms with E-state index >= 15 is 0 Å². The second kappa shape index (κ2) is 4.38. The zero-order chi connectivity index (χ0) is 10.6. The maximum Gasteiger partial charge on any atom is 0.339 e. The van der Waals surface area contributed by atoms with Gasteiger partial charge in [-0.1, -0.05) is 0 Å². The molecule has 0 aliphatic rings. The average molecular weight is 190 g/mol. The van der Waals surface area contributed by atoms with Crippen LogP contribution in [0.4, 0.5) is 0 Å². The summed E-state index contributed by atoms with van der Waals surface area (Å²) in [5, 5.41) is 8.57. The Labute approximate surface area is 82.1 Å². The van der Waals surface area contributed by atoms with Crippen molar-refractivity contribution in [2.75, 3.05) is 6.61 Å². The summed E-state index contributed by atoms with van der Waals surface area (Å²) in [5.74, 6) is -0.401. The Bertz CT molecular complexity index is 394. The van der Waals surface area contributed by atoms with Gasteiger partial charge < -0.3 is 4.74 Å². The number of aromatic nitrogens is 1. The van der Waals surface area contributed by atoms with E-state index < -0.39 is 5.97 Å². The zero-order valence-corrected chi connectivity index (χ0v) is 8.07. The lowest BCUT2D eigenvalue weighted by molar-refractivity contribution is 0.0525. The molecule has 1 aromatic heterocycles. The summed E-state index contributed by atoms with van der Waals surface area (Å²) in [6, 6.07) is 3.46. The largest absolute Gasteiger partial charge is 0.462 e. The van der Waals surface area contributed by atoms with Crippen LogP contribution in [0, 0.1) is 18.3 Å². The smallest absolute Gasteiger partial charge is 0.339 e. The van der Waals surface area contributed by atoms with Crippen molar-refractivity contribution in [3.63, 3.8) is 0 Å². The Hall–Kier alpha value is -1.89. The minimum Gasteiger partial charge on any atom is -0.462 e. The van der Waals surface area contributed by atoms with E-state index in [1.54, 1.807) is 19.9 Å². The van der Waals surface area contributed by atoms with Crippen molar-refractivity contribution in [2.24, 2.45) is 0 Å². The van der Waals surface area contributed by atoms with Crippen LogP contribution in [0.2, 0.25) is 0 Å². The summed E-state index contributed by atoms with van der Waals surface area (Å²) in [6.45, 7) is 3.82. The van der Waals surface area contributed by atoms with E-state index in [1.165, 1.54) is 6.20 Å². The monoisotopic (exact) mass is 190 g/mol. The molecule has 1 aromatic rings. The zero-order valence-electron chi connectivity index (χ0n) is 8.07. The number of carbonyl (C=O) groups is 1. The molecule has 0 fully saturated rings. The van der Waals surface area contributed by atoms with Crippen molar-refractivity contribution < 1.29 is 9.53 Å². The van der Waals surface area contributed by atoms with Gasteiger partial charge in [0.25, 0.3) is 0 Å². The lowest BCUT2D eigenvalue weighted by atomic mass is 10.1. The number of nitrogens with zero attached hydrogens (tertiary/aromatic N) is 2. The molecule has 1 heterocycles. The third-order valence-electron chi connectivity index (χ3n) is 1.72. The number of aryl methyl sites for hydroxylation is 1. The van der Waals surface area contributed by atoms with Crippen LogP contribution < -0.4 is 0 Å². The number of esters is 1. The van der Waals surface area contributed by atoms with Gasteiger partial charge in [0.15, 0.2) is 0 Å². The quantitative estimate of drug-likeness (QED) is 0.662. The molecule has 0 aromatic carbocycles. The van der Waals surface area contributed by atoms with Crippen LogP contribution in [0.25, 0.3) is 0 Å². The molecule has 4 heteroatoms. The highest BCUT2D eigenvalue weighted by atomic mass is 16.5. The van der Waals surface area contributed by atoms with Gasteiger partial charge in [0.2, 0.25) is 0 Å². The molecule has 0 bridgehead atoms. The normalized spacial score (nSPS) is 9.21. The number of pyridine rings is 1. The molecule has 4 nitrogen and oxygen atoms in total. The maximum atomic E-state index is 11.3. The number of hydrogen-bond donors (Lipinski definition) is 0. The van der Waals surface area contributed by atoms with Crippen molar-refractivity contribution in [3.8, 4) is 6.07 Å². The molecule has 0 saturated heterocycles. The molecule has 0 atom stereocenters. The van der Waals surface area contributed by atoms with Gasteiger partial charge in [0.1, 0.15) is 11.8 Å². The van der Waals surface area contributed by atoms with Gasteiger partial charge in [-0.15, -0.1) is 0 Å². The summed E-state index contributed by atoms with van der Waals surface area (Å²) >= 11 is 0. The summed E-state index contributed by atoms with van der Waals surface area (Å²) in [4.78, 5) is 15.1. The first-order valence-electron chi connectivity index (χ1n) is 4.23. The average Bonchev–Trinajstić information content (AvgIpc) is 2.17. The Balaban J connectivity index is 3.01. The molecule has 0 spiro atoms. The van der Waals surface area contributed by atoms with Gasteiger partial charge >= 0.3 is 5.97 Å². The Morgan fingerprint density at radius 1 is 1.71 bits per heavy atom. The predicted molar refractivity (Wildman–Crippen MR) is 49.6 cm³/mol. The summed E-state index contributed by atoms with van der Waals surface area (Å²) in [5.41, 5.74) is 1.41. The standard InChI is InChI=1S/C10H10N2O2/c1-3-14-10(13)9-6-12-8(5-11)4-7(9)2/h4,6H,3H2,1-2H3. The molecule has 0 saturated carbocycles. The van der Waals surface area contributed by atoms with Gasteiger partial charge in [0.05, 0.1) is 12.2 Å². The number of hydrogen-bond acceptors (Lipinski definition) is 4. The molecule has 1 rings (SSSR count). The van der Waals surface area contributed by atoms with Crippen LogP contribution in [0.3, 0.4) is 0 Å². The second-order valence-electron chi connectivity index (χ2n) is 2.72. The van der Waals surface area contributed by atoms with E-state index in [9.17, 15) is 4.79 Å². The topological polar surface area (TPSA) is 63.0 Å². The van der Waals surface area contributed by atoms with E-state index in [0.717, 1.165) is 0 Å². The van der Waals surface area contributed by atoms with Gasteiger partial charge in [-0.05, 0) is 25.5 Å². The number of rotatable bonds is 2. The SMILES string of the molecule is CCOC(=O)c1cnc(C#N)cc1C. The van der Waals surface area contributed by atoms with E-state index in [2.05, 4.69) is 4.98 Å². The minimum atomic E-state index is -0.401. The molecular formula is C10H10N2O2. The highest BCUT2D eigenvalue weighted by Gasteiger charge is 2.10. The van der Waals surface area contributed by atoms with Crippen molar-refractivity contribution in [1.82, 2.24) is 4.98 Å². The summed E-state index contributed by atoms with van der Waals surface area (Å²) < 4.78 is 4.82. The van der Waals surface area contributed by atoms with Crippen molar-refractivity contribution in [3.05, 3.63) is 29.1 Å². The molecule has 14 heavy (non-hydrogen) atoms. The van der Waals surface area contributed by atoms with E-state index in [0.29, 0.717) is 23.4 Å². The fraction of sp³-hybridized carbons (Fsp3) is 0.300. The van der Waals surface area contributed by atoms with Crippen LogP contribution in [0.1, 0.15) is 28.5 Å². The van der Waals surface area contributed by atoms with Crippen molar-refractivity contribution >= 4 is 5.97 Å². The van der Waals surface area contributed by atoms with Crippen molar-refractivity contribution in [1.29, 1.82) is 5.26 Å². The fourth-order valence-corrected chi connectivity index (χ4v) is 1.04. The van der Waals surface area contributed by atoms with Crippen LogP contribution >= 0.6 is 0 Å². The highest BCUT2D eigenvalue weighted by molar-refractivity contribution is 5.90. The minimum absolute atomic E-state index is 0.301. The third-order valence-corrected chi connectivity index (χ3v) is 1.72. The molecule has 72 valence electrons. The van der Waals surface area contributed by atoms with Gasteiger partial charge in [0, 0.05) is 6.20 Å². The van der Waals surface area contributed by atoms with Crippen LogP contribution in [0.5, 0.6) is 0 Å². The van der Waals surface area contributed by atoms with Crippen molar-refractivity contribution in [2.45, 2.75) is 13.8 Å². The molecule has 0 aliphatic carbocycles. The Kier molecular flexibility index (Phi) is 3.19. The molecule has 0 N–H and O–H groups in total. The number of carbonyl (C=O) groups excluding carboxylic acids is 1. The number of nitriles is 1. The summed E-state index contributed by atoms with van der Waals surface area (Å²) in [7, 11) is 0. The van der Waals surface area contributed by atoms with Crippen LogP contribution in [-0.4, -0.2) is 17.6 Å².